The molecule has 0 radical (unpaired) electrons. The van der Waals surface area contributed by atoms with Crippen LogP contribution >= 0.6 is 0 Å². The molecule has 2 aliphatic rings. The summed E-state index contributed by atoms with van der Waals surface area (Å²) >= 11 is 0. The maximum Gasteiger partial charge on any atom is 0.262 e. The number of methoxy groups -OCH3 is 3. The third-order valence-electron chi connectivity index (χ3n) is 8.54. The smallest absolute Gasteiger partial charge is 0.262 e. The van der Waals surface area contributed by atoms with E-state index in [1.807, 2.05) is 24.3 Å². The van der Waals surface area contributed by atoms with Crippen molar-refractivity contribution in [3.05, 3.63) is 88.5 Å². The molecule has 238 valence electrons. The average Bonchev–Trinajstić information content (AvgIpc) is 3.53. The highest BCUT2D eigenvalue weighted by molar-refractivity contribution is 6.04. The first-order valence-corrected chi connectivity index (χ1v) is 15.2. The summed E-state index contributed by atoms with van der Waals surface area (Å²) in [6.07, 6.45) is 0.518. The molecule has 2 heterocycles. The molecule has 0 bridgehead atoms. The number of carbonyl (C=O) groups excluding carboxylic acids is 2. The Bertz CT molecular complexity index is 1530. The van der Waals surface area contributed by atoms with Gasteiger partial charge >= 0.3 is 0 Å². The summed E-state index contributed by atoms with van der Waals surface area (Å²) in [5, 5.41) is 6.43. The van der Waals surface area contributed by atoms with E-state index >= 15 is 0 Å². The third-order valence-corrected chi connectivity index (χ3v) is 8.54. The molecule has 3 aromatic rings. The molecule has 45 heavy (non-hydrogen) atoms. The predicted molar refractivity (Wildman–Crippen MR) is 172 cm³/mol. The van der Waals surface area contributed by atoms with Gasteiger partial charge in [0, 0.05) is 38.2 Å². The van der Waals surface area contributed by atoms with Gasteiger partial charge in [-0.2, -0.15) is 5.10 Å². The molecule has 2 amide bonds. The van der Waals surface area contributed by atoms with Gasteiger partial charge in [0.15, 0.2) is 11.5 Å². The first-order chi connectivity index (χ1) is 21.8. The molecular weight excluding hydrogens is 572 g/mol. The summed E-state index contributed by atoms with van der Waals surface area (Å²) in [6.45, 7) is 7.93. The minimum Gasteiger partial charge on any atom is -0.497 e. The Morgan fingerprint density at radius 3 is 2.29 bits per heavy atom. The molecule has 0 N–H and O–H groups in total. The number of hydrogen-bond donors (Lipinski definition) is 0. The van der Waals surface area contributed by atoms with Crippen molar-refractivity contribution in [2.45, 2.75) is 26.3 Å². The minimum absolute atomic E-state index is 0.122. The number of morpholine rings is 1. The summed E-state index contributed by atoms with van der Waals surface area (Å²) in [5.74, 6) is 1.35. The van der Waals surface area contributed by atoms with Gasteiger partial charge in [0.05, 0.1) is 46.3 Å². The fraction of sp³-hybridized carbons (Fsp3) is 0.400. The van der Waals surface area contributed by atoms with Crippen LogP contribution in [0.5, 0.6) is 17.2 Å². The fourth-order valence-corrected chi connectivity index (χ4v) is 5.65. The lowest BCUT2D eigenvalue weighted by Crippen LogP contribution is -2.46. The lowest BCUT2D eigenvalue weighted by molar-refractivity contribution is -0.133. The number of amides is 2. The molecule has 2 aliphatic heterocycles. The van der Waals surface area contributed by atoms with Gasteiger partial charge in [-0.3, -0.25) is 14.5 Å². The minimum atomic E-state index is -0.383. The molecule has 1 saturated heterocycles. The van der Waals surface area contributed by atoms with Gasteiger partial charge in [-0.15, -0.1) is 0 Å². The van der Waals surface area contributed by atoms with E-state index in [1.54, 1.807) is 50.5 Å². The van der Waals surface area contributed by atoms with E-state index in [9.17, 15) is 9.59 Å². The van der Waals surface area contributed by atoms with E-state index in [-0.39, 0.29) is 24.4 Å². The van der Waals surface area contributed by atoms with Crippen molar-refractivity contribution < 1.29 is 28.5 Å². The van der Waals surface area contributed by atoms with Gasteiger partial charge in [-0.1, -0.05) is 18.2 Å². The second kappa shape index (κ2) is 14.6. The Hall–Kier alpha value is -4.41. The van der Waals surface area contributed by atoms with Crippen LogP contribution in [0.2, 0.25) is 0 Å². The summed E-state index contributed by atoms with van der Waals surface area (Å²) < 4.78 is 21.8. The maximum absolute atomic E-state index is 14.2. The first kappa shape index (κ1) is 32.0. The van der Waals surface area contributed by atoms with Crippen LogP contribution in [0.1, 0.15) is 45.1 Å². The first-order valence-electron chi connectivity index (χ1n) is 15.2. The van der Waals surface area contributed by atoms with Crippen LogP contribution in [0.15, 0.2) is 65.8 Å². The van der Waals surface area contributed by atoms with Gasteiger partial charge in [0.1, 0.15) is 12.3 Å². The zero-order valence-electron chi connectivity index (χ0n) is 26.7. The van der Waals surface area contributed by atoms with Crippen LogP contribution in [-0.4, -0.2) is 99.6 Å². The van der Waals surface area contributed by atoms with Crippen molar-refractivity contribution in [1.82, 2.24) is 14.8 Å². The number of ether oxygens (including phenoxy) is 4. The summed E-state index contributed by atoms with van der Waals surface area (Å²) in [4.78, 5) is 31.9. The second-order valence-corrected chi connectivity index (χ2v) is 11.3. The van der Waals surface area contributed by atoms with Crippen molar-refractivity contribution >= 4 is 17.5 Å². The number of carbonyl (C=O) groups is 2. The fourth-order valence-electron chi connectivity index (χ4n) is 5.65. The van der Waals surface area contributed by atoms with Crippen molar-refractivity contribution in [1.29, 1.82) is 0 Å². The highest BCUT2D eigenvalue weighted by Crippen LogP contribution is 2.37. The normalized spacial score (nSPS) is 16.7. The Morgan fingerprint density at radius 2 is 1.62 bits per heavy atom. The Kier molecular flexibility index (Phi) is 10.4. The van der Waals surface area contributed by atoms with E-state index < -0.39 is 0 Å². The standard InChI is InChI=1S/C35H42N4O6/c1-24-6-7-27(20-25(24)2)30-22-31(28-10-13-32(43-4)33(21-28)44-5)39(36-30)34(40)23-38(15-14-37-16-18-45-19-17-37)35(41)26-8-11-29(42-3)12-9-26/h6-13,20-21,31H,14-19,22-23H2,1-5H3/t31-/m1/s1. The topological polar surface area (TPSA) is 93.1 Å². The highest BCUT2D eigenvalue weighted by atomic mass is 16.5. The van der Waals surface area contributed by atoms with E-state index in [0.29, 0.717) is 55.5 Å². The number of hydrogen-bond acceptors (Lipinski definition) is 8. The zero-order valence-corrected chi connectivity index (χ0v) is 26.7. The number of nitrogens with zero attached hydrogens (tertiary/aromatic N) is 4. The lowest BCUT2D eigenvalue weighted by atomic mass is 9.96. The zero-order chi connectivity index (χ0) is 31.9. The summed E-state index contributed by atoms with van der Waals surface area (Å²) in [7, 11) is 4.77. The van der Waals surface area contributed by atoms with Crippen molar-refractivity contribution in [3.63, 3.8) is 0 Å². The molecule has 5 rings (SSSR count). The van der Waals surface area contributed by atoms with Crippen LogP contribution in [0.4, 0.5) is 0 Å². The van der Waals surface area contributed by atoms with Gasteiger partial charge in [-0.05, 0) is 78.6 Å². The van der Waals surface area contributed by atoms with Gasteiger partial charge < -0.3 is 23.8 Å². The van der Waals surface area contributed by atoms with Crippen LogP contribution in [0.25, 0.3) is 0 Å². The molecule has 1 fully saturated rings. The molecule has 1 atom stereocenters. The Morgan fingerprint density at radius 1 is 0.889 bits per heavy atom. The molecule has 3 aromatic carbocycles. The quantitative estimate of drug-likeness (QED) is 0.315. The van der Waals surface area contributed by atoms with Crippen LogP contribution in [-0.2, 0) is 9.53 Å². The molecule has 0 aliphatic carbocycles. The second-order valence-electron chi connectivity index (χ2n) is 11.3. The van der Waals surface area contributed by atoms with Gasteiger partial charge in [-0.25, -0.2) is 5.01 Å². The van der Waals surface area contributed by atoms with Gasteiger partial charge in [0.2, 0.25) is 0 Å². The van der Waals surface area contributed by atoms with E-state index in [1.165, 1.54) is 10.6 Å². The number of benzene rings is 3. The largest absolute Gasteiger partial charge is 0.497 e. The molecule has 0 unspecified atom stereocenters. The molecule has 10 heteroatoms. The third kappa shape index (κ3) is 7.46. The monoisotopic (exact) mass is 614 g/mol. The van der Waals surface area contributed by atoms with Crippen molar-refractivity contribution in [2.24, 2.45) is 5.10 Å². The Labute approximate surface area is 265 Å². The average molecular weight is 615 g/mol. The number of rotatable bonds is 11. The summed E-state index contributed by atoms with van der Waals surface area (Å²) in [6, 6.07) is 18.5. The van der Waals surface area contributed by atoms with E-state index in [2.05, 4.69) is 30.9 Å². The van der Waals surface area contributed by atoms with Crippen LogP contribution in [0, 0.1) is 13.8 Å². The van der Waals surface area contributed by atoms with Crippen LogP contribution < -0.4 is 14.2 Å². The molecule has 10 nitrogen and oxygen atoms in total. The predicted octanol–water partition coefficient (Wildman–Crippen LogP) is 4.48. The van der Waals surface area contributed by atoms with Crippen molar-refractivity contribution in [3.8, 4) is 17.2 Å². The Balaban J connectivity index is 1.45. The molecule has 0 aromatic heterocycles. The van der Waals surface area contributed by atoms with Crippen LogP contribution in [0.3, 0.4) is 0 Å². The number of aryl methyl sites for hydroxylation is 2. The lowest BCUT2D eigenvalue weighted by Gasteiger charge is -2.31. The highest BCUT2D eigenvalue weighted by Gasteiger charge is 2.35. The number of hydrazone groups is 1. The maximum atomic E-state index is 14.2. The van der Waals surface area contributed by atoms with Crippen molar-refractivity contribution in [2.75, 3.05) is 67.3 Å². The molecular formula is C35H42N4O6. The molecule has 0 spiro atoms. The van der Waals surface area contributed by atoms with Gasteiger partial charge in [0.25, 0.3) is 11.8 Å². The SMILES string of the molecule is COc1ccc(C(=O)N(CCN2CCOCC2)CC(=O)N2N=C(c3ccc(C)c(C)c3)C[C@@H]2c2ccc(OC)c(OC)c2)cc1. The molecule has 0 saturated carbocycles. The van der Waals surface area contributed by atoms with E-state index in [0.717, 1.165) is 35.5 Å². The van der Waals surface area contributed by atoms with E-state index in [4.69, 9.17) is 24.0 Å². The summed E-state index contributed by atoms with van der Waals surface area (Å²) in [5.41, 5.74) is 5.48.